The molecule has 0 aliphatic heterocycles. The van der Waals surface area contributed by atoms with Crippen molar-refractivity contribution in [2.45, 2.75) is 19.6 Å². The number of aryl methyl sites for hydroxylation is 1. The minimum absolute atomic E-state index is 0.0958. The Bertz CT molecular complexity index is 611. The monoisotopic (exact) mass is 348 g/mol. The topological polar surface area (TPSA) is 71.9 Å². The average molecular weight is 348 g/mol. The first-order valence-corrected chi connectivity index (χ1v) is 7.37. The highest BCUT2D eigenvalue weighted by Crippen LogP contribution is 2.22. The van der Waals surface area contributed by atoms with E-state index in [1.54, 1.807) is 24.0 Å². The summed E-state index contributed by atoms with van der Waals surface area (Å²) in [4.78, 5) is 6.08. The first-order valence-electron chi connectivity index (χ1n) is 7.37. The second-order valence-electron chi connectivity index (χ2n) is 5.17. The van der Waals surface area contributed by atoms with Crippen molar-refractivity contribution < 1.29 is 31.8 Å². The molecular formula is C15H19F3N2O4. The quantitative estimate of drug-likeness (QED) is 0.703. The van der Waals surface area contributed by atoms with E-state index in [1.165, 1.54) is 6.26 Å². The maximum atomic E-state index is 12.1. The van der Waals surface area contributed by atoms with Crippen LogP contribution in [0.25, 0.3) is 11.7 Å². The molecule has 134 valence electrons. The van der Waals surface area contributed by atoms with Gasteiger partial charge in [-0.25, -0.2) is 4.98 Å². The Labute approximate surface area is 136 Å². The van der Waals surface area contributed by atoms with E-state index in [4.69, 9.17) is 13.9 Å². The fourth-order valence-electron chi connectivity index (χ4n) is 2.09. The van der Waals surface area contributed by atoms with Crippen molar-refractivity contribution in [1.82, 2.24) is 9.88 Å². The lowest BCUT2D eigenvalue weighted by atomic mass is 10.3. The second-order valence-corrected chi connectivity index (χ2v) is 5.17. The molecule has 0 unspecified atom stereocenters. The van der Waals surface area contributed by atoms with Crippen molar-refractivity contribution in [3.63, 3.8) is 0 Å². The first kappa shape index (κ1) is 18.5. The van der Waals surface area contributed by atoms with Gasteiger partial charge in [-0.2, -0.15) is 13.2 Å². The summed E-state index contributed by atoms with van der Waals surface area (Å²) in [7, 11) is 0. The van der Waals surface area contributed by atoms with E-state index < -0.39 is 12.8 Å². The third-order valence-electron chi connectivity index (χ3n) is 3.23. The summed E-state index contributed by atoms with van der Waals surface area (Å²) in [5.74, 6) is 1.41. The van der Waals surface area contributed by atoms with Crippen molar-refractivity contribution in [3.05, 3.63) is 29.9 Å². The Hall–Kier alpha value is -1.84. The number of aliphatic hydroxyl groups is 1. The van der Waals surface area contributed by atoms with Crippen LogP contribution in [0, 0.1) is 6.92 Å². The Morgan fingerprint density at radius 1 is 1.33 bits per heavy atom. The molecule has 6 nitrogen and oxygen atoms in total. The molecule has 2 heterocycles. The molecule has 0 aromatic carbocycles. The molecule has 0 fully saturated rings. The number of ether oxygens (including phenoxy) is 1. The number of hydrogen-bond acceptors (Lipinski definition) is 6. The molecule has 0 saturated heterocycles. The van der Waals surface area contributed by atoms with Crippen LogP contribution >= 0.6 is 0 Å². The van der Waals surface area contributed by atoms with E-state index >= 15 is 0 Å². The van der Waals surface area contributed by atoms with Crippen LogP contribution in [0.2, 0.25) is 0 Å². The van der Waals surface area contributed by atoms with Gasteiger partial charge in [0.05, 0.1) is 25.2 Å². The van der Waals surface area contributed by atoms with Crippen LogP contribution in [0.15, 0.2) is 27.2 Å². The van der Waals surface area contributed by atoms with Crippen molar-refractivity contribution in [1.29, 1.82) is 0 Å². The Morgan fingerprint density at radius 2 is 2.12 bits per heavy atom. The van der Waals surface area contributed by atoms with Gasteiger partial charge in [-0.05, 0) is 19.1 Å². The minimum Gasteiger partial charge on any atom is -0.459 e. The molecule has 0 aliphatic carbocycles. The molecule has 0 bridgehead atoms. The van der Waals surface area contributed by atoms with Gasteiger partial charge in [0.2, 0.25) is 0 Å². The average Bonchev–Trinajstić information content (AvgIpc) is 3.13. The van der Waals surface area contributed by atoms with E-state index in [1.807, 2.05) is 0 Å². The van der Waals surface area contributed by atoms with Crippen molar-refractivity contribution in [2.75, 3.05) is 32.9 Å². The molecule has 0 amide bonds. The smallest absolute Gasteiger partial charge is 0.411 e. The lowest BCUT2D eigenvalue weighted by Crippen LogP contribution is -2.31. The van der Waals surface area contributed by atoms with Crippen LogP contribution < -0.4 is 0 Å². The minimum atomic E-state index is -4.34. The van der Waals surface area contributed by atoms with E-state index in [0.717, 1.165) is 0 Å². The van der Waals surface area contributed by atoms with Crippen molar-refractivity contribution >= 4 is 0 Å². The summed E-state index contributed by atoms with van der Waals surface area (Å²) in [5, 5.41) is 9.10. The number of alkyl halides is 3. The van der Waals surface area contributed by atoms with Gasteiger partial charge in [-0.3, -0.25) is 4.90 Å². The molecule has 2 aromatic rings. The standard InChI is InChI=1S/C15H19F3N2O4/c1-11-12(19-14(24-11)13-3-2-7-23-13)9-20(4-6-21)5-8-22-10-15(16,17)18/h2-3,7,21H,4-6,8-10H2,1H3. The van der Waals surface area contributed by atoms with Gasteiger partial charge in [-0.1, -0.05) is 0 Å². The summed E-state index contributed by atoms with van der Waals surface area (Å²) in [6.45, 7) is 1.09. The molecule has 0 aliphatic rings. The van der Waals surface area contributed by atoms with Crippen molar-refractivity contribution in [3.8, 4) is 11.7 Å². The third kappa shape index (κ3) is 5.66. The van der Waals surface area contributed by atoms with Gasteiger partial charge in [-0.15, -0.1) is 0 Å². The zero-order valence-electron chi connectivity index (χ0n) is 13.2. The van der Waals surface area contributed by atoms with Gasteiger partial charge in [0, 0.05) is 19.6 Å². The van der Waals surface area contributed by atoms with Crippen LogP contribution in [-0.2, 0) is 11.3 Å². The molecule has 2 aromatic heterocycles. The number of rotatable bonds is 9. The zero-order valence-corrected chi connectivity index (χ0v) is 13.2. The summed E-state index contributed by atoms with van der Waals surface area (Å²) in [6, 6.07) is 3.43. The Kier molecular flexibility index (Phi) is 6.41. The van der Waals surface area contributed by atoms with Crippen LogP contribution in [0.5, 0.6) is 0 Å². The predicted octanol–water partition coefficient (Wildman–Crippen LogP) is 2.62. The molecule has 0 spiro atoms. The maximum absolute atomic E-state index is 12.1. The predicted molar refractivity (Wildman–Crippen MR) is 78.2 cm³/mol. The van der Waals surface area contributed by atoms with E-state index in [-0.39, 0.29) is 26.3 Å². The van der Waals surface area contributed by atoms with Crippen LogP contribution in [0.1, 0.15) is 11.5 Å². The van der Waals surface area contributed by atoms with Crippen molar-refractivity contribution in [2.24, 2.45) is 0 Å². The fraction of sp³-hybridized carbons (Fsp3) is 0.533. The number of hydrogen-bond donors (Lipinski definition) is 1. The summed E-state index contributed by atoms with van der Waals surface area (Å²) in [6.07, 6.45) is -2.84. The first-order chi connectivity index (χ1) is 11.4. The molecule has 0 radical (unpaired) electrons. The number of furan rings is 1. The Morgan fingerprint density at radius 3 is 2.75 bits per heavy atom. The molecule has 1 N–H and O–H groups in total. The number of oxazole rings is 1. The molecule has 0 atom stereocenters. The fourth-order valence-corrected chi connectivity index (χ4v) is 2.09. The van der Waals surface area contributed by atoms with Gasteiger partial charge in [0.15, 0.2) is 5.76 Å². The maximum Gasteiger partial charge on any atom is 0.411 e. The highest BCUT2D eigenvalue weighted by atomic mass is 19.4. The van der Waals surface area contributed by atoms with Gasteiger partial charge < -0.3 is 18.7 Å². The summed E-state index contributed by atoms with van der Waals surface area (Å²) in [5.41, 5.74) is 0.630. The summed E-state index contributed by atoms with van der Waals surface area (Å²) >= 11 is 0. The number of nitrogens with zero attached hydrogens (tertiary/aromatic N) is 2. The van der Waals surface area contributed by atoms with Gasteiger partial charge in [0.25, 0.3) is 5.89 Å². The molecule has 24 heavy (non-hydrogen) atoms. The lowest BCUT2D eigenvalue weighted by molar-refractivity contribution is -0.174. The molecular weight excluding hydrogens is 329 g/mol. The van der Waals surface area contributed by atoms with Crippen LogP contribution in [-0.4, -0.2) is 54.1 Å². The van der Waals surface area contributed by atoms with Gasteiger partial charge >= 0.3 is 6.18 Å². The number of halogens is 3. The SMILES string of the molecule is Cc1oc(-c2ccco2)nc1CN(CCO)CCOCC(F)(F)F. The lowest BCUT2D eigenvalue weighted by Gasteiger charge is -2.20. The normalized spacial score (nSPS) is 12.2. The number of aromatic nitrogens is 1. The van der Waals surface area contributed by atoms with E-state index in [2.05, 4.69) is 9.72 Å². The third-order valence-corrected chi connectivity index (χ3v) is 3.23. The number of aliphatic hydroxyl groups excluding tert-OH is 1. The summed E-state index contributed by atoms with van der Waals surface area (Å²) < 4.78 is 51.5. The van der Waals surface area contributed by atoms with Crippen LogP contribution in [0.3, 0.4) is 0 Å². The zero-order chi connectivity index (χ0) is 17.6. The molecule has 0 saturated carbocycles. The van der Waals surface area contributed by atoms with Crippen LogP contribution in [0.4, 0.5) is 13.2 Å². The van der Waals surface area contributed by atoms with Gasteiger partial charge in [0.1, 0.15) is 12.4 Å². The molecule has 2 rings (SSSR count). The molecule has 9 heteroatoms. The Balaban J connectivity index is 1.92. The van der Waals surface area contributed by atoms with E-state index in [9.17, 15) is 13.2 Å². The largest absolute Gasteiger partial charge is 0.459 e. The highest BCUT2D eigenvalue weighted by Gasteiger charge is 2.27. The second kappa shape index (κ2) is 8.32. The van der Waals surface area contributed by atoms with E-state index in [0.29, 0.717) is 29.6 Å². The highest BCUT2D eigenvalue weighted by molar-refractivity contribution is 5.44.